The molecule has 0 spiro atoms. The van der Waals surface area contributed by atoms with Crippen molar-refractivity contribution < 1.29 is 19.0 Å². The number of rotatable bonds is 10. The first-order valence-electron chi connectivity index (χ1n) is 14.6. The summed E-state index contributed by atoms with van der Waals surface area (Å²) in [7, 11) is 1.41. The number of benzene rings is 1. The fraction of sp³-hybridized carbons (Fsp3) is 0.438. The van der Waals surface area contributed by atoms with Crippen molar-refractivity contribution in [1.82, 2.24) is 19.4 Å². The summed E-state index contributed by atoms with van der Waals surface area (Å²) in [4.78, 5) is 30.2. The Morgan fingerprint density at radius 2 is 2.02 bits per heavy atom. The van der Waals surface area contributed by atoms with Gasteiger partial charge >= 0.3 is 5.97 Å². The summed E-state index contributed by atoms with van der Waals surface area (Å²) in [6, 6.07) is 5.58. The van der Waals surface area contributed by atoms with E-state index in [2.05, 4.69) is 33.7 Å². The zero-order valence-corrected chi connectivity index (χ0v) is 24.9. The maximum atomic E-state index is 12.2. The van der Waals surface area contributed by atoms with Crippen LogP contribution in [0.1, 0.15) is 63.9 Å². The van der Waals surface area contributed by atoms with Gasteiger partial charge in [0.2, 0.25) is 0 Å². The van der Waals surface area contributed by atoms with Gasteiger partial charge in [0, 0.05) is 24.6 Å². The number of hydrogen-bond acceptors (Lipinski definition) is 9. The number of aromatic nitrogens is 3. The number of carbonyl (C=O) groups excluding carboxylic acids is 1. The lowest BCUT2D eigenvalue weighted by Crippen LogP contribution is -2.36. The van der Waals surface area contributed by atoms with Crippen LogP contribution in [0.25, 0.3) is 23.2 Å². The molecule has 5 heterocycles. The number of carbonyl (C=O) groups is 1. The Hall–Kier alpha value is -3.60. The number of aliphatic imine (C=N–C) groups is 1. The van der Waals surface area contributed by atoms with Crippen molar-refractivity contribution >= 4 is 46.4 Å². The van der Waals surface area contributed by atoms with Gasteiger partial charge in [-0.1, -0.05) is 19.2 Å². The highest BCUT2D eigenvalue weighted by Crippen LogP contribution is 2.31. The van der Waals surface area contributed by atoms with Gasteiger partial charge in [0.25, 0.3) is 0 Å². The molecule has 2 fully saturated rings. The lowest BCUT2D eigenvalue weighted by atomic mass is 9.92. The van der Waals surface area contributed by atoms with E-state index in [9.17, 15) is 4.79 Å². The van der Waals surface area contributed by atoms with Crippen LogP contribution in [0, 0.1) is 5.92 Å². The first-order valence-corrected chi connectivity index (χ1v) is 15.4. The number of likely N-dealkylation sites (tertiary alicyclic amines) is 1. The van der Waals surface area contributed by atoms with Crippen molar-refractivity contribution in [3.05, 3.63) is 70.1 Å². The van der Waals surface area contributed by atoms with Gasteiger partial charge in [-0.15, -0.1) is 11.3 Å². The minimum Gasteiger partial charge on any atom is -0.473 e. The van der Waals surface area contributed by atoms with Gasteiger partial charge in [-0.25, -0.2) is 19.8 Å². The highest BCUT2D eigenvalue weighted by Gasteiger charge is 2.27. The molecule has 220 valence electrons. The Kier molecular flexibility index (Phi) is 8.64. The van der Waals surface area contributed by atoms with Crippen LogP contribution >= 0.6 is 11.3 Å². The van der Waals surface area contributed by atoms with Crippen LogP contribution in [-0.2, 0) is 33.9 Å². The number of esters is 1. The van der Waals surface area contributed by atoms with E-state index in [1.807, 2.05) is 18.2 Å². The van der Waals surface area contributed by atoms with Crippen LogP contribution in [0.5, 0.6) is 0 Å². The standard InChI is InChI=1S/C32H37N5O4S/c1-4-24-28(5-2)42-31(35-24)20-41-30-8-6-7-25(34-30)21-11-14-36(15-12-21)19-29-33-26-10-9-22(32(38)39-3)17-27(26)37(29)18-23-13-16-40-23/h4-5,7,9-10,17,21,23H,1-2,6,8,11-16,18-20H2,3H3. The first kappa shape index (κ1) is 28.5. The number of hydrogen-bond donors (Lipinski definition) is 0. The maximum absolute atomic E-state index is 12.2. The maximum Gasteiger partial charge on any atom is 0.337 e. The minimum absolute atomic E-state index is 0.185. The number of ether oxygens (including phenoxy) is 3. The molecule has 1 aromatic carbocycles. The average molecular weight is 588 g/mol. The van der Waals surface area contributed by atoms with E-state index < -0.39 is 0 Å². The first-order chi connectivity index (χ1) is 20.5. The number of piperidine rings is 1. The Labute approximate surface area is 250 Å². The van der Waals surface area contributed by atoms with Gasteiger partial charge < -0.3 is 18.8 Å². The zero-order valence-electron chi connectivity index (χ0n) is 24.1. The van der Waals surface area contributed by atoms with Crippen molar-refractivity contribution in [3.63, 3.8) is 0 Å². The van der Waals surface area contributed by atoms with E-state index in [1.165, 1.54) is 7.11 Å². The predicted molar refractivity (Wildman–Crippen MR) is 165 cm³/mol. The van der Waals surface area contributed by atoms with Crippen molar-refractivity contribution in [2.45, 2.75) is 57.9 Å². The summed E-state index contributed by atoms with van der Waals surface area (Å²) < 4.78 is 19.0. The van der Waals surface area contributed by atoms with Crippen LogP contribution in [0.4, 0.5) is 0 Å². The van der Waals surface area contributed by atoms with Gasteiger partial charge in [0.15, 0.2) is 5.90 Å². The van der Waals surface area contributed by atoms with E-state index in [0.29, 0.717) is 18.1 Å². The molecule has 0 amide bonds. The summed E-state index contributed by atoms with van der Waals surface area (Å²) in [6.07, 6.45) is 10.9. The van der Waals surface area contributed by atoms with Gasteiger partial charge in [-0.2, -0.15) is 0 Å². The van der Waals surface area contributed by atoms with E-state index >= 15 is 0 Å². The van der Waals surface area contributed by atoms with Crippen LogP contribution < -0.4 is 0 Å². The topological polar surface area (TPSA) is 91.1 Å². The Morgan fingerprint density at radius 3 is 2.71 bits per heavy atom. The number of fused-ring (bicyclic) bond motifs is 1. The number of imidazole rings is 1. The van der Waals surface area contributed by atoms with E-state index in [1.54, 1.807) is 23.5 Å². The molecule has 2 saturated heterocycles. The molecule has 2 aromatic heterocycles. The molecular weight excluding hydrogens is 550 g/mol. The van der Waals surface area contributed by atoms with Gasteiger partial charge in [-0.05, 0) is 69.1 Å². The molecule has 0 N–H and O–H groups in total. The molecule has 9 nitrogen and oxygen atoms in total. The molecule has 42 heavy (non-hydrogen) atoms. The zero-order chi connectivity index (χ0) is 29.1. The molecule has 1 atom stereocenters. The third-order valence-electron chi connectivity index (χ3n) is 8.23. The van der Waals surface area contributed by atoms with Crippen LogP contribution in [0.15, 0.2) is 48.1 Å². The second-order valence-corrected chi connectivity index (χ2v) is 12.0. The molecule has 10 heteroatoms. The number of nitrogens with zero attached hydrogens (tertiary/aromatic N) is 5. The Morgan fingerprint density at radius 1 is 1.19 bits per heavy atom. The molecule has 3 aromatic rings. The predicted octanol–water partition coefficient (Wildman–Crippen LogP) is 5.86. The summed E-state index contributed by atoms with van der Waals surface area (Å²) in [5, 5.41) is 0.906. The van der Waals surface area contributed by atoms with Crippen LogP contribution in [0.3, 0.4) is 0 Å². The summed E-state index contributed by atoms with van der Waals surface area (Å²) in [5.41, 5.74) is 4.38. The average Bonchev–Trinajstić information content (AvgIpc) is 3.57. The lowest BCUT2D eigenvalue weighted by molar-refractivity contribution is -0.0592. The molecule has 0 bridgehead atoms. The second kappa shape index (κ2) is 12.7. The smallest absolute Gasteiger partial charge is 0.337 e. The van der Waals surface area contributed by atoms with E-state index in [4.69, 9.17) is 24.2 Å². The van der Waals surface area contributed by atoms with Crippen molar-refractivity contribution in [3.8, 4) is 0 Å². The van der Waals surface area contributed by atoms with Gasteiger partial charge in [0.1, 0.15) is 17.4 Å². The van der Waals surface area contributed by atoms with Crippen molar-refractivity contribution in [2.24, 2.45) is 10.9 Å². The fourth-order valence-corrected chi connectivity index (χ4v) is 6.64. The summed E-state index contributed by atoms with van der Waals surface area (Å²) >= 11 is 1.58. The lowest BCUT2D eigenvalue weighted by Gasteiger charge is -2.33. The second-order valence-electron chi connectivity index (χ2n) is 10.9. The van der Waals surface area contributed by atoms with Crippen LogP contribution in [0.2, 0.25) is 0 Å². The van der Waals surface area contributed by atoms with E-state index in [-0.39, 0.29) is 12.1 Å². The third-order valence-corrected chi connectivity index (χ3v) is 9.27. The minimum atomic E-state index is -0.340. The fourth-order valence-electron chi connectivity index (χ4n) is 5.80. The molecule has 1 unspecified atom stereocenters. The quantitative estimate of drug-likeness (QED) is 0.275. The molecule has 0 aliphatic carbocycles. The van der Waals surface area contributed by atoms with Crippen molar-refractivity contribution in [2.75, 3.05) is 26.8 Å². The highest BCUT2D eigenvalue weighted by molar-refractivity contribution is 7.12. The number of methoxy groups -OCH3 is 1. The summed E-state index contributed by atoms with van der Waals surface area (Å²) in [5.74, 6) is 1.88. The normalized spacial score (nSPS) is 19.6. The highest BCUT2D eigenvalue weighted by atomic mass is 32.1. The number of thiazole rings is 1. The largest absolute Gasteiger partial charge is 0.473 e. The van der Waals surface area contributed by atoms with Gasteiger partial charge in [-0.3, -0.25) is 4.90 Å². The monoisotopic (exact) mass is 587 g/mol. The number of allylic oxidation sites excluding steroid dienone is 2. The molecular formula is C32H37N5O4S. The van der Waals surface area contributed by atoms with Gasteiger partial charge in [0.05, 0.1) is 53.5 Å². The third kappa shape index (κ3) is 6.11. The summed E-state index contributed by atoms with van der Waals surface area (Å²) in [6.45, 7) is 12.3. The van der Waals surface area contributed by atoms with Crippen molar-refractivity contribution in [1.29, 1.82) is 0 Å². The Bertz CT molecular complexity index is 1520. The Balaban J connectivity index is 1.09. The SMILES string of the molecule is C=Cc1nc(COC2=NC(C3CCN(Cc4nc5ccc(C(=O)OC)cc5n4CC4CCO4)CC3)=CCC2)sc1C=C. The molecule has 6 rings (SSSR count). The van der Waals surface area contributed by atoms with E-state index in [0.717, 1.165) is 109 Å². The van der Waals surface area contributed by atoms with Crippen LogP contribution in [-0.4, -0.2) is 64.2 Å². The molecule has 0 radical (unpaired) electrons. The molecule has 3 aliphatic heterocycles. The molecule has 0 saturated carbocycles. The molecule has 3 aliphatic rings.